The van der Waals surface area contributed by atoms with Crippen molar-refractivity contribution in [1.29, 1.82) is 0 Å². The number of fused-ring (bicyclic) bond motifs is 1. The number of hydrogen-bond acceptors (Lipinski definition) is 5. The summed E-state index contributed by atoms with van der Waals surface area (Å²) >= 11 is 0. The minimum Gasteiger partial charge on any atom is -0.492 e. The van der Waals surface area contributed by atoms with Crippen LogP contribution in [0.5, 0.6) is 17.2 Å². The van der Waals surface area contributed by atoms with Gasteiger partial charge in [0.25, 0.3) is 5.91 Å². The number of nitrogens with one attached hydrogen (secondary N) is 1. The molecule has 2 heterocycles. The average molecular weight is 386 g/mol. The van der Waals surface area contributed by atoms with Crippen molar-refractivity contribution in [3.63, 3.8) is 0 Å². The van der Waals surface area contributed by atoms with Crippen molar-refractivity contribution >= 4 is 11.9 Å². The van der Waals surface area contributed by atoms with Crippen molar-refractivity contribution in [3.8, 4) is 17.2 Å². The number of rotatable bonds is 6. The molecule has 8 heteroatoms. The highest BCUT2D eigenvalue weighted by Crippen LogP contribution is 2.34. The van der Waals surface area contributed by atoms with Crippen LogP contribution in [0.1, 0.15) is 12.5 Å². The Bertz CT molecular complexity index is 917. The number of hydrogen-bond donors (Lipinski definition) is 1. The van der Waals surface area contributed by atoms with Crippen LogP contribution in [-0.4, -0.2) is 42.3 Å². The van der Waals surface area contributed by atoms with Gasteiger partial charge in [0.15, 0.2) is 11.5 Å². The lowest BCUT2D eigenvalue weighted by atomic mass is 9.92. The molecule has 0 saturated carbocycles. The number of carbonyl (C=O) groups excluding carboxylic acids is 2. The van der Waals surface area contributed by atoms with E-state index in [9.17, 15) is 14.0 Å². The summed E-state index contributed by atoms with van der Waals surface area (Å²) in [4.78, 5) is 26.3. The highest BCUT2D eigenvalue weighted by Gasteiger charge is 2.47. The Morgan fingerprint density at radius 1 is 1.14 bits per heavy atom. The first kappa shape index (κ1) is 18.1. The molecular formula is C20H19FN2O5. The summed E-state index contributed by atoms with van der Waals surface area (Å²) in [6.45, 7) is 2.08. The minimum absolute atomic E-state index is 0.0960. The van der Waals surface area contributed by atoms with Gasteiger partial charge < -0.3 is 19.5 Å². The lowest BCUT2D eigenvalue weighted by molar-refractivity contribution is -0.131. The fourth-order valence-electron chi connectivity index (χ4n) is 3.31. The molecule has 4 rings (SSSR count). The molecule has 1 fully saturated rings. The van der Waals surface area contributed by atoms with Gasteiger partial charge in [-0.2, -0.15) is 0 Å². The summed E-state index contributed by atoms with van der Waals surface area (Å²) in [6.07, 6.45) is 0.323. The van der Waals surface area contributed by atoms with Gasteiger partial charge in [0.2, 0.25) is 6.79 Å². The maximum absolute atomic E-state index is 12.9. The van der Waals surface area contributed by atoms with Crippen molar-refractivity contribution in [2.75, 3.05) is 19.9 Å². The van der Waals surface area contributed by atoms with Crippen LogP contribution in [0, 0.1) is 5.82 Å². The molecule has 2 aliphatic heterocycles. The Kier molecular flexibility index (Phi) is 4.54. The molecule has 28 heavy (non-hydrogen) atoms. The van der Waals surface area contributed by atoms with E-state index in [1.165, 1.54) is 24.3 Å². The fourth-order valence-corrected chi connectivity index (χ4v) is 3.31. The minimum atomic E-state index is -1.05. The predicted octanol–water partition coefficient (Wildman–Crippen LogP) is 2.49. The third-order valence-corrected chi connectivity index (χ3v) is 4.74. The highest BCUT2D eigenvalue weighted by molar-refractivity contribution is 6.07. The van der Waals surface area contributed by atoms with Gasteiger partial charge in [-0.05, 0) is 48.9 Å². The van der Waals surface area contributed by atoms with E-state index >= 15 is 0 Å². The standard InChI is InChI=1S/C20H19FN2O5/c1-20(11-13-2-7-16-17(10-13)28-12-27-16)18(24)23(19(25)22-20)8-9-26-15-5-3-14(21)4-6-15/h2-7,10H,8-9,11-12H2,1H3,(H,22,25). The quantitative estimate of drug-likeness (QED) is 0.772. The van der Waals surface area contributed by atoms with Crippen LogP contribution >= 0.6 is 0 Å². The predicted molar refractivity (Wildman–Crippen MR) is 96.8 cm³/mol. The second-order valence-electron chi connectivity index (χ2n) is 6.89. The molecular weight excluding hydrogens is 367 g/mol. The van der Waals surface area contributed by atoms with E-state index in [4.69, 9.17) is 14.2 Å². The lowest BCUT2D eigenvalue weighted by Gasteiger charge is -2.22. The Labute approximate surface area is 161 Å². The number of benzene rings is 2. The maximum atomic E-state index is 12.9. The van der Waals surface area contributed by atoms with E-state index in [1.807, 2.05) is 12.1 Å². The molecule has 0 radical (unpaired) electrons. The molecule has 0 spiro atoms. The molecule has 2 aliphatic rings. The maximum Gasteiger partial charge on any atom is 0.325 e. The fraction of sp³-hybridized carbons (Fsp3) is 0.300. The topological polar surface area (TPSA) is 77.1 Å². The van der Waals surface area contributed by atoms with Crippen molar-refractivity contribution in [2.45, 2.75) is 18.9 Å². The van der Waals surface area contributed by atoms with E-state index in [0.717, 1.165) is 10.5 Å². The molecule has 0 aliphatic carbocycles. The van der Waals surface area contributed by atoms with Crippen molar-refractivity contribution < 1.29 is 28.2 Å². The number of amides is 3. The smallest absolute Gasteiger partial charge is 0.325 e. The zero-order valence-corrected chi connectivity index (χ0v) is 15.2. The van der Waals surface area contributed by atoms with Gasteiger partial charge in [-0.3, -0.25) is 9.69 Å². The molecule has 0 aromatic heterocycles. The summed E-state index contributed by atoms with van der Waals surface area (Å²) in [7, 11) is 0. The van der Waals surface area contributed by atoms with Gasteiger partial charge in [-0.15, -0.1) is 0 Å². The largest absolute Gasteiger partial charge is 0.492 e. The van der Waals surface area contributed by atoms with Gasteiger partial charge >= 0.3 is 6.03 Å². The van der Waals surface area contributed by atoms with E-state index in [0.29, 0.717) is 23.7 Å². The van der Waals surface area contributed by atoms with E-state index < -0.39 is 11.6 Å². The molecule has 0 bridgehead atoms. The molecule has 7 nitrogen and oxygen atoms in total. The van der Waals surface area contributed by atoms with Crippen LogP contribution in [0.15, 0.2) is 42.5 Å². The van der Waals surface area contributed by atoms with Gasteiger partial charge in [-0.1, -0.05) is 6.07 Å². The lowest BCUT2D eigenvalue weighted by Crippen LogP contribution is -2.46. The Balaban J connectivity index is 1.39. The molecule has 1 N–H and O–H groups in total. The molecule has 3 amide bonds. The summed E-state index contributed by atoms with van der Waals surface area (Å²) < 4.78 is 29.1. The Hall–Kier alpha value is -3.29. The number of carbonyl (C=O) groups is 2. The molecule has 146 valence electrons. The number of ether oxygens (including phenoxy) is 3. The first-order valence-electron chi connectivity index (χ1n) is 8.86. The number of urea groups is 1. The second-order valence-corrected chi connectivity index (χ2v) is 6.89. The Morgan fingerprint density at radius 3 is 2.68 bits per heavy atom. The molecule has 1 unspecified atom stereocenters. The van der Waals surface area contributed by atoms with Crippen LogP contribution in [0.3, 0.4) is 0 Å². The van der Waals surface area contributed by atoms with Crippen LogP contribution in [-0.2, 0) is 11.2 Å². The van der Waals surface area contributed by atoms with Crippen molar-refractivity contribution in [1.82, 2.24) is 10.2 Å². The number of nitrogens with zero attached hydrogens (tertiary/aromatic N) is 1. The summed E-state index contributed by atoms with van der Waals surface area (Å²) in [6, 6.07) is 10.5. The number of imide groups is 1. The van der Waals surface area contributed by atoms with E-state index in [1.54, 1.807) is 13.0 Å². The van der Waals surface area contributed by atoms with Crippen LogP contribution < -0.4 is 19.5 Å². The highest BCUT2D eigenvalue weighted by atomic mass is 19.1. The zero-order chi connectivity index (χ0) is 19.7. The van der Waals surface area contributed by atoms with Gasteiger partial charge in [0, 0.05) is 6.42 Å². The van der Waals surface area contributed by atoms with Gasteiger partial charge in [0.05, 0.1) is 6.54 Å². The summed E-state index contributed by atoms with van der Waals surface area (Å²) in [5.41, 5.74) is -0.203. The molecule has 2 aromatic carbocycles. The SMILES string of the molecule is CC1(Cc2ccc3c(c2)OCO3)NC(=O)N(CCOc2ccc(F)cc2)C1=O. The third kappa shape index (κ3) is 3.45. The van der Waals surface area contributed by atoms with Crippen LogP contribution in [0.2, 0.25) is 0 Å². The first-order valence-corrected chi connectivity index (χ1v) is 8.86. The third-order valence-electron chi connectivity index (χ3n) is 4.74. The zero-order valence-electron chi connectivity index (χ0n) is 15.2. The first-order chi connectivity index (χ1) is 13.4. The van der Waals surface area contributed by atoms with Crippen LogP contribution in [0.25, 0.3) is 0 Å². The second kappa shape index (κ2) is 7.03. The number of halogens is 1. The van der Waals surface area contributed by atoms with Crippen molar-refractivity contribution in [3.05, 3.63) is 53.8 Å². The van der Waals surface area contributed by atoms with E-state index in [2.05, 4.69) is 5.32 Å². The Morgan fingerprint density at radius 2 is 1.89 bits per heavy atom. The monoisotopic (exact) mass is 386 g/mol. The molecule has 2 aromatic rings. The molecule has 1 saturated heterocycles. The summed E-state index contributed by atoms with van der Waals surface area (Å²) in [5, 5.41) is 2.76. The van der Waals surface area contributed by atoms with Crippen LogP contribution in [0.4, 0.5) is 9.18 Å². The average Bonchev–Trinajstić information content (AvgIpc) is 3.21. The van der Waals surface area contributed by atoms with Gasteiger partial charge in [-0.25, -0.2) is 9.18 Å². The summed E-state index contributed by atoms with van der Waals surface area (Å²) in [5.74, 6) is 1.08. The van der Waals surface area contributed by atoms with Crippen molar-refractivity contribution in [2.24, 2.45) is 0 Å². The normalized spacial score (nSPS) is 20.4. The molecule has 1 atom stereocenters. The van der Waals surface area contributed by atoms with E-state index in [-0.39, 0.29) is 31.7 Å². The van der Waals surface area contributed by atoms with Gasteiger partial charge in [0.1, 0.15) is 23.7 Å².